The Morgan fingerprint density at radius 2 is 1.84 bits per heavy atom. The van der Waals surface area contributed by atoms with E-state index in [2.05, 4.69) is 12.2 Å². The van der Waals surface area contributed by atoms with Gasteiger partial charge in [-0.15, -0.1) is 0 Å². The zero-order chi connectivity index (χ0) is 13.7. The maximum absolute atomic E-state index is 12.1. The zero-order valence-corrected chi connectivity index (χ0v) is 12.4. The van der Waals surface area contributed by atoms with Crippen LogP contribution in [0.25, 0.3) is 0 Å². The molecule has 0 aromatic rings. The van der Waals surface area contributed by atoms with Gasteiger partial charge in [0.2, 0.25) is 5.91 Å². The highest BCUT2D eigenvalue weighted by atomic mass is 16.1. The highest BCUT2D eigenvalue weighted by molar-refractivity contribution is 5.76. The van der Waals surface area contributed by atoms with Crippen molar-refractivity contribution in [3.05, 3.63) is 0 Å². The quantitative estimate of drug-likeness (QED) is 0.803. The van der Waals surface area contributed by atoms with Crippen molar-refractivity contribution in [3.8, 4) is 0 Å². The van der Waals surface area contributed by atoms with Crippen molar-refractivity contribution < 1.29 is 4.79 Å². The van der Waals surface area contributed by atoms with Crippen LogP contribution in [0.15, 0.2) is 0 Å². The standard InChI is InChI=1S/C16H30N2O/c1-13-8-10-16(12-17,11-9-13)18-15(19)7-6-14-4-2-3-5-14/h13-14H,2-12,17H2,1H3,(H,18,19). The van der Waals surface area contributed by atoms with Crippen LogP contribution in [-0.2, 0) is 4.79 Å². The molecule has 2 saturated carbocycles. The molecule has 19 heavy (non-hydrogen) atoms. The van der Waals surface area contributed by atoms with Gasteiger partial charge in [-0.1, -0.05) is 32.6 Å². The first kappa shape index (κ1) is 14.8. The maximum atomic E-state index is 12.1. The third-order valence-electron chi connectivity index (χ3n) is 5.28. The van der Waals surface area contributed by atoms with Crippen LogP contribution in [0.2, 0.25) is 0 Å². The summed E-state index contributed by atoms with van der Waals surface area (Å²) < 4.78 is 0. The van der Waals surface area contributed by atoms with Crippen LogP contribution in [0, 0.1) is 11.8 Å². The van der Waals surface area contributed by atoms with Gasteiger partial charge in [-0.2, -0.15) is 0 Å². The minimum Gasteiger partial charge on any atom is -0.349 e. The van der Waals surface area contributed by atoms with Gasteiger partial charge in [-0.25, -0.2) is 0 Å². The van der Waals surface area contributed by atoms with Crippen molar-refractivity contribution >= 4 is 5.91 Å². The van der Waals surface area contributed by atoms with Crippen LogP contribution in [-0.4, -0.2) is 18.0 Å². The van der Waals surface area contributed by atoms with Gasteiger partial charge in [0.05, 0.1) is 5.54 Å². The van der Waals surface area contributed by atoms with E-state index in [0.29, 0.717) is 13.0 Å². The van der Waals surface area contributed by atoms with E-state index in [1.54, 1.807) is 0 Å². The Morgan fingerprint density at radius 3 is 2.42 bits per heavy atom. The lowest BCUT2D eigenvalue weighted by molar-refractivity contribution is -0.123. The second-order valence-electron chi connectivity index (χ2n) is 6.90. The number of nitrogens with two attached hydrogens (primary N) is 1. The average Bonchev–Trinajstić information content (AvgIpc) is 2.93. The fourth-order valence-corrected chi connectivity index (χ4v) is 3.69. The smallest absolute Gasteiger partial charge is 0.220 e. The van der Waals surface area contributed by atoms with Crippen LogP contribution in [0.3, 0.4) is 0 Å². The van der Waals surface area contributed by atoms with E-state index in [1.165, 1.54) is 38.5 Å². The number of carbonyl (C=O) groups is 1. The summed E-state index contributed by atoms with van der Waals surface area (Å²) in [5, 5.41) is 3.26. The van der Waals surface area contributed by atoms with Gasteiger partial charge in [0, 0.05) is 13.0 Å². The normalized spacial score (nSPS) is 32.4. The molecule has 0 bridgehead atoms. The summed E-state index contributed by atoms with van der Waals surface area (Å²) in [6, 6.07) is 0. The first-order valence-corrected chi connectivity index (χ1v) is 8.15. The Bertz CT molecular complexity index is 289. The van der Waals surface area contributed by atoms with E-state index >= 15 is 0 Å². The lowest BCUT2D eigenvalue weighted by Gasteiger charge is -2.39. The molecule has 110 valence electrons. The Labute approximate surface area is 117 Å². The molecule has 2 fully saturated rings. The first-order valence-electron chi connectivity index (χ1n) is 8.15. The maximum Gasteiger partial charge on any atom is 0.220 e. The van der Waals surface area contributed by atoms with Crippen LogP contribution in [0.5, 0.6) is 0 Å². The number of nitrogens with one attached hydrogen (secondary N) is 1. The third-order valence-corrected chi connectivity index (χ3v) is 5.28. The molecule has 2 aliphatic rings. The fourth-order valence-electron chi connectivity index (χ4n) is 3.69. The van der Waals surface area contributed by atoms with E-state index in [-0.39, 0.29) is 11.4 Å². The molecule has 0 saturated heterocycles. The first-order chi connectivity index (χ1) is 9.13. The van der Waals surface area contributed by atoms with Gasteiger partial charge in [0.25, 0.3) is 0 Å². The van der Waals surface area contributed by atoms with Gasteiger partial charge in [-0.3, -0.25) is 4.79 Å². The molecule has 0 aromatic heterocycles. The fraction of sp³-hybridized carbons (Fsp3) is 0.938. The summed E-state index contributed by atoms with van der Waals surface area (Å²) in [5.41, 5.74) is 5.84. The molecule has 3 N–H and O–H groups in total. The number of hydrogen-bond acceptors (Lipinski definition) is 2. The van der Waals surface area contributed by atoms with Gasteiger partial charge in [0.15, 0.2) is 0 Å². The second kappa shape index (κ2) is 6.74. The van der Waals surface area contributed by atoms with E-state index in [9.17, 15) is 4.79 Å². The summed E-state index contributed by atoms with van der Waals surface area (Å²) >= 11 is 0. The van der Waals surface area contributed by atoms with Gasteiger partial charge in [-0.05, 0) is 43.9 Å². The predicted molar refractivity (Wildman–Crippen MR) is 78.8 cm³/mol. The summed E-state index contributed by atoms with van der Waals surface area (Å²) in [5.74, 6) is 1.81. The molecule has 0 aliphatic heterocycles. The van der Waals surface area contributed by atoms with Crippen LogP contribution < -0.4 is 11.1 Å². The molecule has 0 spiro atoms. The van der Waals surface area contributed by atoms with Crippen LogP contribution >= 0.6 is 0 Å². The highest BCUT2D eigenvalue weighted by Crippen LogP contribution is 2.32. The summed E-state index contributed by atoms with van der Waals surface area (Å²) in [7, 11) is 0. The van der Waals surface area contributed by atoms with Crippen molar-refractivity contribution in [2.75, 3.05) is 6.54 Å². The topological polar surface area (TPSA) is 55.1 Å². The number of carbonyl (C=O) groups excluding carboxylic acids is 1. The van der Waals surface area contributed by atoms with Gasteiger partial charge in [0.1, 0.15) is 0 Å². The molecule has 2 rings (SSSR count). The van der Waals surface area contributed by atoms with Crippen molar-refractivity contribution in [3.63, 3.8) is 0 Å². The van der Waals surface area contributed by atoms with Crippen LogP contribution in [0.1, 0.15) is 71.1 Å². The van der Waals surface area contributed by atoms with Crippen LogP contribution in [0.4, 0.5) is 0 Å². The van der Waals surface area contributed by atoms with Gasteiger partial charge >= 0.3 is 0 Å². The summed E-state index contributed by atoms with van der Waals surface area (Å²) in [4.78, 5) is 12.1. The molecular formula is C16H30N2O. The monoisotopic (exact) mass is 266 g/mol. The lowest BCUT2D eigenvalue weighted by atomic mass is 9.77. The number of hydrogen-bond donors (Lipinski definition) is 2. The van der Waals surface area contributed by atoms with E-state index in [4.69, 9.17) is 5.73 Å². The summed E-state index contributed by atoms with van der Waals surface area (Å²) in [6.45, 7) is 2.89. The molecule has 1 amide bonds. The number of amides is 1. The molecule has 0 heterocycles. The molecule has 0 atom stereocenters. The largest absolute Gasteiger partial charge is 0.349 e. The molecule has 2 aliphatic carbocycles. The van der Waals surface area contributed by atoms with Crippen molar-refractivity contribution in [1.29, 1.82) is 0 Å². The SMILES string of the molecule is CC1CCC(CN)(NC(=O)CCC2CCCC2)CC1. The van der Waals surface area contributed by atoms with Crippen molar-refractivity contribution in [1.82, 2.24) is 5.32 Å². The van der Waals surface area contributed by atoms with E-state index in [0.717, 1.165) is 31.1 Å². The van der Waals surface area contributed by atoms with Crippen molar-refractivity contribution in [2.45, 2.75) is 76.7 Å². The van der Waals surface area contributed by atoms with Gasteiger partial charge < -0.3 is 11.1 Å². The summed E-state index contributed by atoms with van der Waals surface area (Å²) in [6.07, 6.45) is 11.6. The lowest BCUT2D eigenvalue weighted by Crippen LogP contribution is -2.55. The minimum absolute atomic E-state index is 0.0979. The number of rotatable bonds is 5. The Morgan fingerprint density at radius 1 is 1.21 bits per heavy atom. The minimum atomic E-state index is -0.0979. The molecular weight excluding hydrogens is 236 g/mol. The Hall–Kier alpha value is -0.570. The zero-order valence-electron chi connectivity index (χ0n) is 12.4. The molecule has 3 heteroatoms. The molecule has 0 aromatic carbocycles. The molecule has 0 unspecified atom stereocenters. The molecule has 0 radical (unpaired) electrons. The second-order valence-corrected chi connectivity index (χ2v) is 6.90. The van der Waals surface area contributed by atoms with E-state index < -0.39 is 0 Å². The van der Waals surface area contributed by atoms with Crippen molar-refractivity contribution in [2.24, 2.45) is 17.6 Å². The predicted octanol–water partition coefficient (Wildman–Crippen LogP) is 2.98. The third kappa shape index (κ3) is 4.20. The molecule has 3 nitrogen and oxygen atoms in total. The highest BCUT2D eigenvalue weighted by Gasteiger charge is 2.34. The van der Waals surface area contributed by atoms with E-state index in [1.807, 2.05) is 0 Å². The Kier molecular flexibility index (Phi) is 5.26. The average molecular weight is 266 g/mol. The Balaban J connectivity index is 1.75.